The predicted octanol–water partition coefficient (Wildman–Crippen LogP) is 3.07. The van der Waals surface area contributed by atoms with Gasteiger partial charge >= 0.3 is 0 Å². The third kappa shape index (κ3) is 2.22. The fraction of sp³-hybridized carbons (Fsp3) is 0.167. The van der Waals surface area contributed by atoms with Crippen molar-refractivity contribution in [1.29, 1.82) is 0 Å². The average Bonchev–Trinajstić information content (AvgIpc) is 3.38. The van der Waals surface area contributed by atoms with Crippen LogP contribution in [0.15, 0.2) is 52.0 Å². The number of carbonyl (C=O) groups excluding carboxylic acids is 1. The molecule has 7 nitrogen and oxygen atoms in total. The Labute approximate surface area is 146 Å². The van der Waals surface area contributed by atoms with E-state index >= 15 is 0 Å². The Kier molecular flexibility index (Phi) is 3.18. The van der Waals surface area contributed by atoms with E-state index in [1.54, 1.807) is 23.4 Å². The van der Waals surface area contributed by atoms with Crippen LogP contribution in [0.2, 0.25) is 0 Å². The van der Waals surface area contributed by atoms with Crippen LogP contribution >= 0.6 is 0 Å². The van der Waals surface area contributed by atoms with Crippen molar-refractivity contribution in [3.63, 3.8) is 0 Å². The summed E-state index contributed by atoms with van der Waals surface area (Å²) in [6.45, 7) is 0.463. The first kappa shape index (κ1) is 14.9. The fourth-order valence-corrected chi connectivity index (χ4v) is 3.42. The Balaban J connectivity index is 1.64. The number of fused-ring (bicyclic) bond motifs is 2. The maximum Gasteiger partial charge on any atom is 0.292 e. The summed E-state index contributed by atoms with van der Waals surface area (Å²) in [7, 11) is 0. The molecule has 1 atom stereocenters. The first-order valence-corrected chi connectivity index (χ1v) is 8.11. The van der Waals surface area contributed by atoms with Crippen LogP contribution in [-0.2, 0) is 6.42 Å². The Morgan fingerprint density at radius 2 is 2.27 bits per heavy atom. The molecule has 4 aromatic rings. The number of oxazole rings is 1. The Bertz CT molecular complexity index is 1100. The quantitative estimate of drug-likeness (QED) is 0.599. The van der Waals surface area contributed by atoms with E-state index in [0.29, 0.717) is 35.4 Å². The van der Waals surface area contributed by atoms with Gasteiger partial charge in [0.05, 0.1) is 18.2 Å². The summed E-state index contributed by atoms with van der Waals surface area (Å²) in [5.74, 6) is 0.0268. The molecular weight excluding hydrogens is 339 g/mol. The lowest BCUT2D eigenvalue weighted by atomic mass is 10.00. The number of amides is 1. The zero-order chi connectivity index (χ0) is 17.7. The van der Waals surface area contributed by atoms with E-state index in [-0.39, 0.29) is 17.5 Å². The molecule has 0 saturated heterocycles. The number of hydrogen-bond acceptors (Lipinski definition) is 5. The standard InChI is InChI=1S/C18H13FN4O3/c19-11-1-2-13-10(5-11)6-14(26-13)17-16-12(21-8-22-16)3-4-23(17)18(24)15-7-20-9-25-15/h1-2,5-9,17H,3-4H2,(H,21,22)/t17-/m0/s1. The minimum atomic E-state index is -0.530. The Morgan fingerprint density at radius 3 is 3.12 bits per heavy atom. The van der Waals surface area contributed by atoms with Crippen LogP contribution < -0.4 is 0 Å². The normalized spacial score (nSPS) is 16.8. The lowest BCUT2D eigenvalue weighted by Gasteiger charge is -2.33. The first-order valence-electron chi connectivity index (χ1n) is 8.11. The smallest absolute Gasteiger partial charge is 0.292 e. The molecule has 1 aliphatic heterocycles. The third-order valence-electron chi connectivity index (χ3n) is 4.60. The number of aromatic nitrogens is 3. The van der Waals surface area contributed by atoms with Crippen LogP contribution in [0.3, 0.4) is 0 Å². The van der Waals surface area contributed by atoms with Gasteiger partial charge in [-0.05, 0) is 24.3 Å². The van der Waals surface area contributed by atoms with Crippen LogP contribution in [0.5, 0.6) is 0 Å². The van der Waals surface area contributed by atoms with Crippen molar-refractivity contribution >= 4 is 16.9 Å². The lowest BCUT2D eigenvalue weighted by molar-refractivity contribution is 0.0640. The molecule has 1 aliphatic rings. The molecule has 1 N–H and O–H groups in total. The second-order valence-electron chi connectivity index (χ2n) is 6.11. The summed E-state index contributed by atoms with van der Waals surface area (Å²) in [5, 5.41) is 0.634. The van der Waals surface area contributed by atoms with E-state index in [0.717, 1.165) is 5.69 Å². The minimum Gasteiger partial charge on any atom is -0.458 e. The molecule has 0 bridgehead atoms. The monoisotopic (exact) mass is 352 g/mol. The molecular formula is C18H13FN4O3. The number of nitrogens with zero attached hydrogens (tertiary/aromatic N) is 3. The van der Waals surface area contributed by atoms with Crippen LogP contribution in [-0.4, -0.2) is 32.3 Å². The van der Waals surface area contributed by atoms with Gasteiger partial charge in [0.1, 0.15) is 23.2 Å². The van der Waals surface area contributed by atoms with Crippen molar-refractivity contribution in [2.45, 2.75) is 12.5 Å². The van der Waals surface area contributed by atoms with Crippen LogP contribution in [0.25, 0.3) is 11.0 Å². The molecule has 8 heteroatoms. The number of nitrogens with one attached hydrogen (secondary N) is 1. The summed E-state index contributed by atoms with van der Waals surface area (Å²) >= 11 is 0. The van der Waals surface area contributed by atoms with Gasteiger partial charge < -0.3 is 18.7 Å². The number of imidazole rings is 1. The molecule has 26 heavy (non-hydrogen) atoms. The predicted molar refractivity (Wildman–Crippen MR) is 87.8 cm³/mol. The van der Waals surface area contributed by atoms with Gasteiger partial charge in [-0.3, -0.25) is 4.79 Å². The largest absolute Gasteiger partial charge is 0.458 e. The molecule has 5 rings (SSSR count). The molecule has 0 saturated carbocycles. The van der Waals surface area contributed by atoms with Crippen molar-refractivity contribution < 1.29 is 18.0 Å². The van der Waals surface area contributed by atoms with E-state index in [1.807, 2.05) is 0 Å². The zero-order valence-electron chi connectivity index (χ0n) is 13.5. The van der Waals surface area contributed by atoms with Gasteiger partial charge in [0.15, 0.2) is 6.39 Å². The first-order chi connectivity index (χ1) is 12.7. The summed E-state index contributed by atoms with van der Waals surface area (Å²) in [6, 6.07) is 5.53. The second kappa shape index (κ2) is 5.55. The van der Waals surface area contributed by atoms with Crippen LogP contribution in [0.1, 0.15) is 33.7 Å². The van der Waals surface area contributed by atoms with Crippen molar-refractivity contribution in [1.82, 2.24) is 19.9 Å². The maximum absolute atomic E-state index is 13.5. The summed E-state index contributed by atoms with van der Waals surface area (Å²) in [5.41, 5.74) is 2.21. The van der Waals surface area contributed by atoms with Gasteiger partial charge in [-0.25, -0.2) is 14.4 Å². The van der Waals surface area contributed by atoms with E-state index in [1.165, 1.54) is 24.7 Å². The highest BCUT2D eigenvalue weighted by molar-refractivity contribution is 5.92. The summed E-state index contributed by atoms with van der Waals surface area (Å²) in [6.07, 6.45) is 4.84. The van der Waals surface area contributed by atoms with Crippen molar-refractivity contribution in [2.24, 2.45) is 0 Å². The highest BCUT2D eigenvalue weighted by atomic mass is 19.1. The minimum absolute atomic E-state index is 0.149. The molecule has 1 aromatic carbocycles. The van der Waals surface area contributed by atoms with E-state index in [9.17, 15) is 9.18 Å². The molecule has 0 unspecified atom stereocenters. The SMILES string of the molecule is O=C(c1cnco1)N1CCc2[nH]cnc2[C@@H]1c1cc2cc(F)ccc2o1. The van der Waals surface area contributed by atoms with E-state index < -0.39 is 6.04 Å². The van der Waals surface area contributed by atoms with Crippen molar-refractivity contribution in [3.8, 4) is 0 Å². The summed E-state index contributed by atoms with van der Waals surface area (Å²) in [4.78, 5) is 25.8. The number of rotatable bonds is 2. The van der Waals surface area contributed by atoms with E-state index in [4.69, 9.17) is 8.83 Å². The fourth-order valence-electron chi connectivity index (χ4n) is 3.42. The van der Waals surface area contributed by atoms with Gasteiger partial charge in [0.25, 0.3) is 5.91 Å². The number of halogens is 1. The Hall–Kier alpha value is -3.42. The molecule has 1 amide bonds. The van der Waals surface area contributed by atoms with Gasteiger partial charge in [-0.2, -0.15) is 0 Å². The molecule has 0 aliphatic carbocycles. The number of carbonyl (C=O) groups is 1. The number of benzene rings is 1. The van der Waals surface area contributed by atoms with Crippen LogP contribution in [0.4, 0.5) is 4.39 Å². The number of furan rings is 1. The average molecular weight is 352 g/mol. The number of hydrogen-bond donors (Lipinski definition) is 1. The van der Waals surface area contributed by atoms with Gasteiger partial charge in [-0.15, -0.1) is 0 Å². The molecule has 0 fully saturated rings. The Morgan fingerprint density at radius 1 is 1.35 bits per heavy atom. The molecule has 3 aromatic heterocycles. The second-order valence-corrected chi connectivity index (χ2v) is 6.11. The van der Waals surface area contributed by atoms with Crippen molar-refractivity contribution in [2.75, 3.05) is 6.54 Å². The van der Waals surface area contributed by atoms with E-state index in [2.05, 4.69) is 15.0 Å². The maximum atomic E-state index is 13.5. The molecule has 0 spiro atoms. The highest BCUT2D eigenvalue weighted by Crippen LogP contribution is 2.37. The molecule has 130 valence electrons. The van der Waals surface area contributed by atoms with Crippen molar-refractivity contribution in [3.05, 3.63) is 71.9 Å². The molecule has 0 radical (unpaired) electrons. The van der Waals surface area contributed by atoms with Gasteiger partial charge in [-0.1, -0.05) is 0 Å². The van der Waals surface area contributed by atoms with Crippen LogP contribution in [0, 0.1) is 5.82 Å². The summed E-state index contributed by atoms with van der Waals surface area (Å²) < 4.78 is 24.6. The van der Waals surface area contributed by atoms with Gasteiger partial charge in [0.2, 0.25) is 5.76 Å². The van der Waals surface area contributed by atoms with Gasteiger partial charge in [0, 0.05) is 24.0 Å². The number of H-pyrrole nitrogens is 1. The lowest BCUT2D eigenvalue weighted by Crippen LogP contribution is -2.40. The zero-order valence-corrected chi connectivity index (χ0v) is 13.5. The third-order valence-corrected chi connectivity index (χ3v) is 4.60. The number of aromatic amines is 1. The highest BCUT2D eigenvalue weighted by Gasteiger charge is 2.37. The topological polar surface area (TPSA) is 88.2 Å². The molecule has 4 heterocycles.